The smallest absolute Gasteiger partial charge is 0.160 e. The Labute approximate surface area is 348 Å². The Morgan fingerprint density at radius 2 is 0.883 bits per heavy atom. The van der Waals surface area contributed by atoms with E-state index in [2.05, 4.69) is 169 Å². The van der Waals surface area contributed by atoms with E-state index in [1.165, 1.54) is 22.3 Å². The van der Waals surface area contributed by atoms with E-state index in [9.17, 15) is 0 Å². The lowest BCUT2D eigenvalue weighted by atomic mass is 9.65. The average Bonchev–Trinajstić information content (AvgIpc) is 3.62. The SMILES string of the molecule is c1ccc(-c2cc(-c3cccc(-c4ccc5c(c4)Oc4cc(-c6ccc7cccnc7c6)ccc4C54c5ccccc5-c5ccccc54)c3)nc(-c3ccccc3)n2)cc1. The van der Waals surface area contributed by atoms with Crippen LogP contribution < -0.4 is 4.74 Å². The van der Waals surface area contributed by atoms with Gasteiger partial charge in [-0.1, -0.05) is 170 Å². The molecule has 280 valence electrons. The van der Waals surface area contributed by atoms with Gasteiger partial charge in [0.2, 0.25) is 0 Å². The van der Waals surface area contributed by atoms with Gasteiger partial charge in [0.25, 0.3) is 0 Å². The molecular formula is C56H35N3O. The minimum atomic E-state index is -0.567. The predicted molar refractivity (Wildman–Crippen MR) is 242 cm³/mol. The molecule has 60 heavy (non-hydrogen) atoms. The number of hydrogen-bond acceptors (Lipinski definition) is 4. The molecule has 1 aliphatic carbocycles. The lowest BCUT2D eigenvalue weighted by Crippen LogP contribution is -2.32. The fourth-order valence-electron chi connectivity index (χ4n) is 9.44. The van der Waals surface area contributed by atoms with E-state index in [4.69, 9.17) is 14.7 Å². The van der Waals surface area contributed by atoms with Crippen LogP contribution in [0.3, 0.4) is 0 Å². The van der Waals surface area contributed by atoms with Gasteiger partial charge in [-0.05, 0) is 80.9 Å². The number of fused-ring (bicyclic) bond motifs is 10. The minimum absolute atomic E-state index is 0.567. The fraction of sp³-hybridized carbons (Fsp3) is 0.0179. The van der Waals surface area contributed by atoms with E-state index in [-0.39, 0.29) is 0 Å². The maximum Gasteiger partial charge on any atom is 0.160 e. The van der Waals surface area contributed by atoms with Crippen LogP contribution in [-0.4, -0.2) is 15.0 Å². The summed E-state index contributed by atoms with van der Waals surface area (Å²) in [5.41, 5.74) is 16.8. The van der Waals surface area contributed by atoms with Crippen LogP contribution in [0.15, 0.2) is 212 Å². The van der Waals surface area contributed by atoms with Crippen LogP contribution in [0.1, 0.15) is 22.3 Å². The van der Waals surface area contributed by atoms with Crippen LogP contribution in [0.25, 0.3) is 78.2 Å². The molecule has 1 spiro atoms. The molecular weight excluding hydrogens is 731 g/mol. The standard InChI is InChI=1S/C56H35N3O/c1-3-13-36(14-4-1)51-35-52(59-55(58-51)38-15-5-2-6-16-38)43-18-11-17-39(31-43)41-26-28-48-53(33-41)60-54-34-42(40-25-24-37-19-12-30-57-50(37)32-40)27-29-49(54)56(48)46-22-9-7-20-44(46)45-21-8-10-23-47(45)56/h1-35H. The first-order valence-electron chi connectivity index (χ1n) is 20.3. The summed E-state index contributed by atoms with van der Waals surface area (Å²) in [4.78, 5) is 14.8. The maximum absolute atomic E-state index is 7.11. The highest BCUT2D eigenvalue weighted by Crippen LogP contribution is 2.62. The lowest BCUT2D eigenvalue weighted by Gasteiger charge is -2.39. The molecule has 3 heterocycles. The summed E-state index contributed by atoms with van der Waals surface area (Å²) < 4.78 is 7.11. The van der Waals surface area contributed by atoms with Crippen LogP contribution in [0.2, 0.25) is 0 Å². The zero-order valence-corrected chi connectivity index (χ0v) is 32.5. The van der Waals surface area contributed by atoms with Crippen molar-refractivity contribution >= 4 is 10.9 Å². The van der Waals surface area contributed by atoms with Gasteiger partial charge in [-0.25, -0.2) is 9.97 Å². The zero-order valence-electron chi connectivity index (χ0n) is 32.5. The number of ether oxygens (including phenoxy) is 1. The molecule has 0 unspecified atom stereocenters. The summed E-state index contributed by atoms with van der Waals surface area (Å²) in [5.74, 6) is 2.38. The molecule has 4 nitrogen and oxygen atoms in total. The van der Waals surface area contributed by atoms with Crippen molar-refractivity contribution in [1.82, 2.24) is 15.0 Å². The predicted octanol–water partition coefficient (Wildman–Crippen LogP) is 13.8. The molecule has 8 aromatic carbocycles. The quantitative estimate of drug-likeness (QED) is 0.175. The molecule has 2 aromatic heterocycles. The van der Waals surface area contributed by atoms with Gasteiger partial charge in [-0.15, -0.1) is 0 Å². The van der Waals surface area contributed by atoms with Crippen LogP contribution in [0.4, 0.5) is 0 Å². The first kappa shape index (κ1) is 34.1. The van der Waals surface area contributed by atoms with Gasteiger partial charge in [-0.2, -0.15) is 0 Å². The van der Waals surface area contributed by atoms with Crippen molar-refractivity contribution in [2.45, 2.75) is 5.41 Å². The minimum Gasteiger partial charge on any atom is -0.457 e. The van der Waals surface area contributed by atoms with E-state index in [0.717, 1.165) is 83.9 Å². The fourth-order valence-corrected chi connectivity index (χ4v) is 9.44. The molecule has 12 rings (SSSR count). The second kappa shape index (κ2) is 13.6. The first-order valence-corrected chi connectivity index (χ1v) is 20.3. The van der Waals surface area contributed by atoms with Crippen LogP contribution in [-0.2, 0) is 5.41 Å². The van der Waals surface area contributed by atoms with Crippen molar-refractivity contribution < 1.29 is 4.74 Å². The normalized spacial score (nSPS) is 12.9. The average molecular weight is 766 g/mol. The van der Waals surface area contributed by atoms with Gasteiger partial charge in [0.1, 0.15) is 11.5 Å². The Bertz CT molecular complexity index is 3200. The molecule has 0 radical (unpaired) electrons. The Balaban J connectivity index is 1.02. The lowest BCUT2D eigenvalue weighted by molar-refractivity contribution is 0.437. The van der Waals surface area contributed by atoms with E-state index in [1.54, 1.807) is 0 Å². The van der Waals surface area contributed by atoms with Crippen LogP contribution in [0, 0.1) is 0 Å². The summed E-state index contributed by atoms with van der Waals surface area (Å²) >= 11 is 0. The zero-order chi connectivity index (χ0) is 39.6. The summed E-state index contributed by atoms with van der Waals surface area (Å²) in [6, 6.07) is 73.0. The number of aromatic nitrogens is 3. The highest BCUT2D eigenvalue weighted by molar-refractivity contribution is 5.90. The van der Waals surface area contributed by atoms with Crippen LogP contribution in [0.5, 0.6) is 11.5 Å². The van der Waals surface area contributed by atoms with E-state index < -0.39 is 5.41 Å². The summed E-state index contributed by atoms with van der Waals surface area (Å²) in [7, 11) is 0. The topological polar surface area (TPSA) is 47.9 Å². The number of pyridine rings is 1. The summed E-state index contributed by atoms with van der Waals surface area (Å²) in [6.07, 6.45) is 1.85. The van der Waals surface area contributed by atoms with E-state index in [0.29, 0.717) is 5.82 Å². The summed E-state index contributed by atoms with van der Waals surface area (Å²) in [5, 5.41) is 1.12. The molecule has 1 aliphatic heterocycles. The second-order valence-corrected chi connectivity index (χ2v) is 15.6. The molecule has 0 amide bonds. The molecule has 0 fully saturated rings. The first-order chi connectivity index (χ1) is 29.7. The largest absolute Gasteiger partial charge is 0.457 e. The number of hydrogen-bond donors (Lipinski definition) is 0. The van der Waals surface area contributed by atoms with Gasteiger partial charge < -0.3 is 4.74 Å². The highest BCUT2D eigenvalue weighted by Gasteiger charge is 2.51. The Kier molecular flexibility index (Phi) is 7.72. The van der Waals surface area contributed by atoms with E-state index in [1.807, 2.05) is 48.7 Å². The molecule has 0 saturated heterocycles. The van der Waals surface area contributed by atoms with Gasteiger partial charge in [0.05, 0.1) is 22.3 Å². The molecule has 0 N–H and O–H groups in total. The summed E-state index contributed by atoms with van der Waals surface area (Å²) in [6.45, 7) is 0. The molecule has 4 heteroatoms. The van der Waals surface area contributed by atoms with Gasteiger partial charge in [-0.3, -0.25) is 4.98 Å². The van der Waals surface area contributed by atoms with Gasteiger partial charge in [0, 0.05) is 39.4 Å². The Morgan fingerprint density at radius 3 is 1.57 bits per heavy atom. The number of nitrogens with zero attached hydrogens (tertiary/aromatic N) is 3. The van der Waals surface area contributed by atoms with Crippen molar-refractivity contribution in [3.63, 3.8) is 0 Å². The van der Waals surface area contributed by atoms with Crippen LogP contribution >= 0.6 is 0 Å². The van der Waals surface area contributed by atoms with Crippen molar-refractivity contribution in [3.05, 3.63) is 235 Å². The van der Waals surface area contributed by atoms with Crippen molar-refractivity contribution in [3.8, 4) is 78.8 Å². The molecule has 10 aromatic rings. The Hall–Kier alpha value is -7.95. The Morgan fingerprint density at radius 1 is 0.350 bits per heavy atom. The molecule has 0 bridgehead atoms. The third kappa shape index (κ3) is 5.35. The molecule has 0 atom stereocenters. The monoisotopic (exact) mass is 765 g/mol. The molecule has 2 aliphatic rings. The van der Waals surface area contributed by atoms with Crippen molar-refractivity contribution in [2.75, 3.05) is 0 Å². The van der Waals surface area contributed by atoms with Gasteiger partial charge in [0.15, 0.2) is 5.82 Å². The second-order valence-electron chi connectivity index (χ2n) is 15.6. The van der Waals surface area contributed by atoms with Gasteiger partial charge >= 0.3 is 0 Å². The van der Waals surface area contributed by atoms with Crippen molar-refractivity contribution in [2.24, 2.45) is 0 Å². The van der Waals surface area contributed by atoms with Crippen molar-refractivity contribution in [1.29, 1.82) is 0 Å². The number of rotatable bonds is 5. The third-order valence-electron chi connectivity index (χ3n) is 12.2. The number of benzene rings is 8. The highest BCUT2D eigenvalue weighted by atomic mass is 16.5. The van der Waals surface area contributed by atoms with E-state index >= 15 is 0 Å². The maximum atomic E-state index is 7.11. The molecule has 0 saturated carbocycles. The third-order valence-corrected chi connectivity index (χ3v) is 12.2.